The molecule has 1 aromatic carbocycles. The number of aryl methyl sites for hydroxylation is 1. The van der Waals surface area contributed by atoms with E-state index in [-0.39, 0.29) is 4.90 Å². The predicted molar refractivity (Wildman–Crippen MR) is 81.1 cm³/mol. The van der Waals surface area contributed by atoms with Crippen LogP contribution in [0.25, 0.3) is 0 Å². The molecule has 0 spiro atoms. The minimum Gasteiger partial charge on any atom is -0.398 e. The van der Waals surface area contributed by atoms with E-state index in [0.29, 0.717) is 18.3 Å². The first kappa shape index (κ1) is 15.3. The molecule has 1 unspecified atom stereocenters. The Kier molecular flexibility index (Phi) is 4.36. The molecule has 1 saturated heterocycles. The summed E-state index contributed by atoms with van der Waals surface area (Å²) < 4.78 is 26.5. The Hall–Kier alpha value is -1.11. The normalized spacial score (nSPS) is 20.7. The number of nitrogens with zero attached hydrogens (tertiary/aromatic N) is 2. The predicted octanol–water partition coefficient (Wildman–Crippen LogP) is 1.29. The summed E-state index contributed by atoms with van der Waals surface area (Å²) in [4.78, 5) is 2.49. The fraction of sp³-hybridized carbons (Fsp3) is 0.571. The lowest BCUT2D eigenvalue weighted by Gasteiger charge is -2.25. The summed E-state index contributed by atoms with van der Waals surface area (Å²) in [5.74, 6) is 0. The molecule has 1 atom stereocenters. The van der Waals surface area contributed by atoms with E-state index in [2.05, 4.69) is 4.90 Å². The highest BCUT2D eigenvalue weighted by atomic mass is 32.2. The van der Waals surface area contributed by atoms with Gasteiger partial charge in [-0.25, -0.2) is 8.42 Å². The molecule has 1 aliphatic heterocycles. The topological polar surface area (TPSA) is 66.6 Å². The maximum atomic E-state index is 12.5. The Balaban J connectivity index is 2.18. The van der Waals surface area contributed by atoms with Gasteiger partial charge in [-0.15, -0.1) is 0 Å². The van der Waals surface area contributed by atoms with Crippen molar-refractivity contribution in [1.82, 2.24) is 9.21 Å². The third-order valence-electron chi connectivity index (χ3n) is 4.10. The van der Waals surface area contributed by atoms with Gasteiger partial charge in [-0.2, -0.15) is 4.31 Å². The Morgan fingerprint density at radius 1 is 1.45 bits per heavy atom. The van der Waals surface area contributed by atoms with E-state index >= 15 is 0 Å². The van der Waals surface area contributed by atoms with Gasteiger partial charge in [-0.3, -0.25) is 0 Å². The second-order valence-corrected chi connectivity index (χ2v) is 7.63. The molecule has 2 N–H and O–H groups in total. The number of anilines is 1. The lowest BCUT2D eigenvalue weighted by atomic mass is 10.2. The Morgan fingerprint density at radius 3 is 2.70 bits per heavy atom. The van der Waals surface area contributed by atoms with Crippen molar-refractivity contribution < 1.29 is 8.42 Å². The maximum Gasteiger partial charge on any atom is 0.242 e. The van der Waals surface area contributed by atoms with Gasteiger partial charge in [0.25, 0.3) is 0 Å². The summed E-state index contributed by atoms with van der Waals surface area (Å²) >= 11 is 0. The van der Waals surface area contributed by atoms with Gasteiger partial charge in [0.15, 0.2) is 0 Å². The summed E-state index contributed by atoms with van der Waals surface area (Å²) in [6.45, 7) is 3.42. The first-order valence-electron chi connectivity index (χ1n) is 6.85. The molecule has 5 nitrogen and oxygen atoms in total. The minimum absolute atomic E-state index is 0.267. The Morgan fingerprint density at radius 2 is 2.15 bits per heavy atom. The second-order valence-electron chi connectivity index (χ2n) is 5.58. The number of sulfonamides is 1. The molecule has 6 heteroatoms. The molecule has 0 aromatic heterocycles. The van der Waals surface area contributed by atoms with Gasteiger partial charge >= 0.3 is 0 Å². The number of nitrogen functional groups attached to an aromatic ring is 1. The van der Waals surface area contributed by atoms with Crippen LogP contribution in [0.2, 0.25) is 0 Å². The van der Waals surface area contributed by atoms with Crippen LogP contribution in [0.15, 0.2) is 23.1 Å². The van der Waals surface area contributed by atoms with Crippen LogP contribution in [0.1, 0.15) is 18.4 Å². The number of rotatable bonds is 4. The summed E-state index contributed by atoms with van der Waals surface area (Å²) in [5.41, 5.74) is 7.21. The van der Waals surface area contributed by atoms with E-state index in [1.807, 2.05) is 14.0 Å². The molecule has 112 valence electrons. The molecule has 0 bridgehead atoms. The Bertz CT molecular complexity index is 586. The van der Waals surface area contributed by atoms with Crippen LogP contribution in [-0.4, -0.2) is 50.8 Å². The number of likely N-dealkylation sites (tertiary alicyclic amines) is 1. The zero-order valence-corrected chi connectivity index (χ0v) is 13.2. The second kappa shape index (κ2) is 5.71. The maximum absolute atomic E-state index is 12.5. The highest BCUT2D eigenvalue weighted by molar-refractivity contribution is 7.89. The van der Waals surface area contributed by atoms with Crippen molar-refractivity contribution in [3.05, 3.63) is 23.8 Å². The minimum atomic E-state index is -3.46. The van der Waals surface area contributed by atoms with E-state index in [0.717, 1.165) is 24.9 Å². The van der Waals surface area contributed by atoms with Crippen LogP contribution in [0.4, 0.5) is 5.69 Å². The van der Waals surface area contributed by atoms with Crippen LogP contribution < -0.4 is 5.73 Å². The molecule has 0 saturated carbocycles. The summed E-state index contributed by atoms with van der Waals surface area (Å²) in [6, 6.07) is 5.21. The van der Waals surface area contributed by atoms with Crippen molar-refractivity contribution in [2.45, 2.75) is 30.7 Å². The highest BCUT2D eigenvalue weighted by Gasteiger charge is 2.28. The first-order valence-corrected chi connectivity index (χ1v) is 8.29. The van der Waals surface area contributed by atoms with Crippen molar-refractivity contribution in [2.24, 2.45) is 0 Å². The lowest BCUT2D eigenvalue weighted by Crippen LogP contribution is -2.39. The van der Waals surface area contributed by atoms with Gasteiger partial charge in [-0.1, -0.05) is 6.07 Å². The largest absolute Gasteiger partial charge is 0.398 e. The van der Waals surface area contributed by atoms with Crippen LogP contribution in [-0.2, 0) is 10.0 Å². The number of likely N-dealkylation sites (N-methyl/N-ethyl adjacent to an activating group) is 2. The molecule has 1 heterocycles. The van der Waals surface area contributed by atoms with Crippen molar-refractivity contribution >= 4 is 15.7 Å². The van der Waals surface area contributed by atoms with E-state index in [9.17, 15) is 8.42 Å². The van der Waals surface area contributed by atoms with Crippen molar-refractivity contribution in [3.63, 3.8) is 0 Å². The molecule has 1 fully saturated rings. The quantitative estimate of drug-likeness (QED) is 0.851. The Labute approximate surface area is 121 Å². The average Bonchev–Trinajstić information content (AvgIpc) is 2.78. The SMILES string of the molecule is Cc1ccc(S(=O)(=O)N(C)CC2CCCN2C)cc1N. The third kappa shape index (κ3) is 2.97. The van der Waals surface area contributed by atoms with Crippen molar-refractivity contribution in [2.75, 3.05) is 32.9 Å². The standard InChI is InChI=1S/C14H23N3O2S/c1-11-6-7-13(9-14(11)15)20(18,19)17(3)10-12-5-4-8-16(12)2/h6-7,9,12H,4-5,8,10,15H2,1-3H3. The molecule has 2 rings (SSSR count). The van der Waals surface area contributed by atoms with Crippen molar-refractivity contribution in [3.8, 4) is 0 Å². The van der Waals surface area contributed by atoms with Gasteiger partial charge in [-0.05, 0) is 51.1 Å². The fourth-order valence-electron chi connectivity index (χ4n) is 2.56. The highest BCUT2D eigenvalue weighted by Crippen LogP contribution is 2.22. The fourth-order valence-corrected chi connectivity index (χ4v) is 3.81. The number of benzene rings is 1. The molecular weight excluding hydrogens is 274 g/mol. The first-order chi connectivity index (χ1) is 9.32. The molecule has 0 radical (unpaired) electrons. The van der Waals surface area contributed by atoms with E-state index in [1.165, 1.54) is 4.31 Å². The summed E-state index contributed by atoms with van der Waals surface area (Å²) in [5, 5.41) is 0. The monoisotopic (exact) mass is 297 g/mol. The average molecular weight is 297 g/mol. The van der Waals surface area contributed by atoms with Gasteiger partial charge in [0.1, 0.15) is 0 Å². The number of hydrogen-bond acceptors (Lipinski definition) is 4. The number of nitrogens with two attached hydrogens (primary N) is 1. The zero-order chi connectivity index (χ0) is 14.9. The van der Waals surface area contributed by atoms with Gasteiger partial charge in [0.2, 0.25) is 10.0 Å². The van der Waals surface area contributed by atoms with Crippen LogP contribution in [0, 0.1) is 6.92 Å². The van der Waals surface area contributed by atoms with Crippen LogP contribution in [0.5, 0.6) is 0 Å². The van der Waals surface area contributed by atoms with Crippen LogP contribution in [0.3, 0.4) is 0 Å². The van der Waals surface area contributed by atoms with E-state index in [4.69, 9.17) is 5.73 Å². The lowest BCUT2D eigenvalue weighted by molar-refractivity contribution is 0.271. The van der Waals surface area contributed by atoms with Crippen LogP contribution >= 0.6 is 0 Å². The van der Waals surface area contributed by atoms with Gasteiger partial charge in [0.05, 0.1) is 4.90 Å². The zero-order valence-electron chi connectivity index (χ0n) is 12.3. The van der Waals surface area contributed by atoms with Crippen molar-refractivity contribution in [1.29, 1.82) is 0 Å². The molecule has 1 aliphatic rings. The summed E-state index contributed by atoms with van der Waals surface area (Å²) in [6.07, 6.45) is 2.18. The van der Waals surface area contributed by atoms with Gasteiger partial charge < -0.3 is 10.6 Å². The molecule has 20 heavy (non-hydrogen) atoms. The third-order valence-corrected chi connectivity index (χ3v) is 5.92. The van der Waals surface area contributed by atoms with Gasteiger partial charge in [0, 0.05) is 25.3 Å². The molecule has 0 amide bonds. The number of hydrogen-bond donors (Lipinski definition) is 1. The van der Waals surface area contributed by atoms with E-state index in [1.54, 1.807) is 25.2 Å². The molecule has 0 aliphatic carbocycles. The van der Waals surface area contributed by atoms with E-state index < -0.39 is 10.0 Å². The summed E-state index contributed by atoms with van der Waals surface area (Å²) in [7, 11) is 0.218. The molecular formula is C14H23N3O2S. The smallest absolute Gasteiger partial charge is 0.242 e. The molecule has 1 aromatic rings.